The maximum atomic E-state index is 11.4. The molecule has 1 aliphatic heterocycles. The highest BCUT2D eigenvalue weighted by atomic mass is 16.5. The molecule has 0 saturated carbocycles. The van der Waals surface area contributed by atoms with E-state index >= 15 is 0 Å². The standard InChI is InChI=1S/C14H18N2O3/c1-19-14(18)12-5-6-16(9-12)8-10-3-2-4-11(7-10)13(15)17/h2-4,7,12H,5-6,8-9H2,1H3,(H2,15,17). The molecule has 0 aliphatic carbocycles. The van der Waals surface area contributed by atoms with E-state index in [2.05, 4.69) is 4.90 Å². The normalized spacial score (nSPS) is 19.3. The fraction of sp³-hybridized carbons (Fsp3) is 0.429. The Morgan fingerprint density at radius 1 is 1.47 bits per heavy atom. The molecule has 0 aromatic heterocycles. The van der Waals surface area contributed by atoms with E-state index in [1.165, 1.54) is 7.11 Å². The van der Waals surface area contributed by atoms with Gasteiger partial charge in [-0.2, -0.15) is 0 Å². The first-order chi connectivity index (χ1) is 9.10. The van der Waals surface area contributed by atoms with Crippen LogP contribution < -0.4 is 5.73 Å². The number of rotatable bonds is 4. The molecular weight excluding hydrogens is 244 g/mol. The zero-order valence-electron chi connectivity index (χ0n) is 11.0. The molecule has 19 heavy (non-hydrogen) atoms. The van der Waals surface area contributed by atoms with Gasteiger partial charge in [0, 0.05) is 18.7 Å². The maximum absolute atomic E-state index is 11.4. The lowest BCUT2D eigenvalue weighted by molar-refractivity contribution is -0.144. The Morgan fingerprint density at radius 2 is 2.26 bits per heavy atom. The number of carbonyl (C=O) groups is 2. The van der Waals surface area contributed by atoms with E-state index in [0.717, 1.165) is 18.5 Å². The van der Waals surface area contributed by atoms with Crippen LogP contribution in [-0.2, 0) is 16.1 Å². The van der Waals surface area contributed by atoms with E-state index in [0.29, 0.717) is 18.7 Å². The van der Waals surface area contributed by atoms with Crippen molar-refractivity contribution in [1.29, 1.82) is 0 Å². The van der Waals surface area contributed by atoms with Crippen LogP contribution in [-0.4, -0.2) is 37.0 Å². The maximum Gasteiger partial charge on any atom is 0.310 e. The Bertz CT molecular complexity index is 487. The summed E-state index contributed by atoms with van der Waals surface area (Å²) in [7, 11) is 1.42. The molecule has 2 N–H and O–H groups in total. The summed E-state index contributed by atoms with van der Waals surface area (Å²) < 4.78 is 4.76. The van der Waals surface area contributed by atoms with Crippen molar-refractivity contribution in [3.63, 3.8) is 0 Å². The minimum absolute atomic E-state index is 0.0377. The van der Waals surface area contributed by atoms with Gasteiger partial charge in [-0.15, -0.1) is 0 Å². The van der Waals surface area contributed by atoms with Crippen molar-refractivity contribution >= 4 is 11.9 Å². The van der Waals surface area contributed by atoms with Crippen molar-refractivity contribution in [1.82, 2.24) is 4.90 Å². The topological polar surface area (TPSA) is 72.6 Å². The third-order valence-corrected chi connectivity index (χ3v) is 3.42. The van der Waals surface area contributed by atoms with Crippen LogP contribution in [0.15, 0.2) is 24.3 Å². The molecule has 0 bridgehead atoms. The third kappa shape index (κ3) is 3.32. The van der Waals surface area contributed by atoms with Gasteiger partial charge in [-0.25, -0.2) is 0 Å². The second kappa shape index (κ2) is 5.84. The zero-order valence-corrected chi connectivity index (χ0v) is 11.0. The van der Waals surface area contributed by atoms with Crippen molar-refractivity contribution < 1.29 is 14.3 Å². The van der Waals surface area contributed by atoms with E-state index in [-0.39, 0.29) is 11.9 Å². The molecular formula is C14H18N2O3. The van der Waals surface area contributed by atoms with Gasteiger partial charge in [0.25, 0.3) is 0 Å². The van der Waals surface area contributed by atoms with Crippen molar-refractivity contribution in [3.05, 3.63) is 35.4 Å². The minimum Gasteiger partial charge on any atom is -0.469 e. The van der Waals surface area contributed by atoms with Crippen LogP contribution in [0.5, 0.6) is 0 Å². The third-order valence-electron chi connectivity index (χ3n) is 3.42. The number of nitrogens with two attached hydrogens (primary N) is 1. The summed E-state index contributed by atoms with van der Waals surface area (Å²) in [6.07, 6.45) is 0.822. The van der Waals surface area contributed by atoms with Gasteiger partial charge in [-0.1, -0.05) is 12.1 Å². The smallest absolute Gasteiger partial charge is 0.310 e. The molecule has 1 amide bonds. The summed E-state index contributed by atoms with van der Waals surface area (Å²) in [5.41, 5.74) is 6.80. The summed E-state index contributed by atoms with van der Waals surface area (Å²) in [4.78, 5) is 24.7. The van der Waals surface area contributed by atoms with Crippen LogP contribution in [0, 0.1) is 5.92 Å². The molecule has 1 unspecified atom stereocenters. The summed E-state index contributed by atoms with van der Waals surface area (Å²) >= 11 is 0. The number of ether oxygens (including phenoxy) is 1. The second-order valence-corrected chi connectivity index (χ2v) is 4.81. The number of primary amides is 1. The summed E-state index contributed by atoms with van der Waals surface area (Å²) in [5.74, 6) is -0.603. The van der Waals surface area contributed by atoms with Crippen LogP contribution in [0.25, 0.3) is 0 Å². The molecule has 1 aromatic rings. The summed E-state index contributed by atoms with van der Waals surface area (Å²) in [6, 6.07) is 7.28. The number of hydrogen-bond acceptors (Lipinski definition) is 4. The molecule has 2 rings (SSSR count). The van der Waals surface area contributed by atoms with Gasteiger partial charge < -0.3 is 10.5 Å². The van der Waals surface area contributed by atoms with Crippen LogP contribution in [0.2, 0.25) is 0 Å². The van der Waals surface area contributed by atoms with Crippen LogP contribution in [0.3, 0.4) is 0 Å². The van der Waals surface area contributed by atoms with Gasteiger partial charge in [0.05, 0.1) is 13.0 Å². The highest BCUT2D eigenvalue weighted by molar-refractivity contribution is 5.92. The van der Waals surface area contributed by atoms with E-state index in [1.807, 2.05) is 12.1 Å². The Labute approximate surface area is 112 Å². The molecule has 1 heterocycles. The number of methoxy groups -OCH3 is 1. The summed E-state index contributed by atoms with van der Waals surface area (Å²) in [6.45, 7) is 2.28. The average Bonchev–Trinajstić information content (AvgIpc) is 2.86. The Balaban J connectivity index is 1.97. The van der Waals surface area contributed by atoms with E-state index in [1.54, 1.807) is 12.1 Å². The van der Waals surface area contributed by atoms with E-state index in [9.17, 15) is 9.59 Å². The van der Waals surface area contributed by atoms with E-state index in [4.69, 9.17) is 10.5 Å². The summed E-state index contributed by atoms with van der Waals surface area (Å²) in [5, 5.41) is 0. The molecule has 1 atom stereocenters. The van der Waals surface area contributed by atoms with Crippen LogP contribution >= 0.6 is 0 Å². The number of nitrogens with zero attached hydrogens (tertiary/aromatic N) is 1. The predicted octanol–water partition coefficient (Wildman–Crippen LogP) is 0.780. The van der Waals surface area contributed by atoms with Gasteiger partial charge >= 0.3 is 5.97 Å². The highest BCUT2D eigenvalue weighted by Crippen LogP contribution is 2.20. The van der Waals surface area contributed by atoms with Crippen molar-refractivity contribution in [3.8, 4) is 0 Å². The zero-order chi connectivity index (χ0) is 13.8. The average molecular weight is 262 g/mol. The lowest BCUT2D eigenvalue weighted by atomic mass is 10.1. The molecule has 102 valence electrons. The molecule has 0 spiro atoms. The quantitative estimate of drug-likeness (QED) is 0.814. The number of carbonyl (C=O) groups excluding carboxylic acids is 2. The molecule has 1 aromatic carbocycles. The molecule has 1 saturated heterocycles. The second-order valence-electron chi connectivity index (χ2n) is 4.81. The van der Waals surface area contributed by atoms with Gasteiger partial charge in [0.2, 0.25) is 5.91 Å². The number of amides is 1. The van der Waals surface area contributed by atoms with Gasteiger partial charge in [-0.05, 0) is 30.7 Å². The van der Waals surface area contributed by atoms with Crippen molar-refractivity contribution in [2.24, 2.45) is 11.7 Å². The predicted molar refractivity (Wildman–Crippen MR) is 70.4 cm³/mol. The highest BCUT2D eigenvalue weighted by Gasteiger charge is 2.28. The lowest BCUT2D eigenvalue weighted by Gasteiger charge is -2.15. The number of esters is 1. The van der Waals surface area contributed by atoms with Gasteiger partial charge in [-0.3, -0.25) is 14.5 Å². The molecule has 1 fully saturated rings. The SMILES string of the molecule is COC(=O)C1CCN(Cc2cccc(C(N)=O)c2)C1. The van der Waals surface area contributed by atoms with Crippen molar-refractivity contribution in [2.75, 3.05) is 20.2 Å². The molecule has 0 radical (unpaired) electrons. The number of benzene rings is 1. The number of hydrogen-bond donors (Lipinski definition) is 1. The Hall–Kier alpha value is -1.88. The first-order valence-electron chi connectivity index (χ1n) is 6.29. The first-order valence-corrected chi connectivity index (χ1v) is 6.29. The monoisotopic (exact) mass is 262 g/mol. The van der Waals surface area contributed by atoms with E-state index < -0.39 is 5.91 Å². The Kier molecular flexibility index (Phi) is 4.16. The van der Waals surface area contributed by atoms with Gasteiger partial charge in [0.1, 0.15) is 0 Å². The molecule has 5 heteroatoms. The number of likely N-dealkylation sites (tertiary alicyclic amines) is 1. The lowest BCUT2D eigenvalue weighted by Crippen LogP contribution is -2.23. The largest absolute Gasteiger partial charge is 0.469 e. The first kappa shape index (κ1) is 13.5. The Morgan fingerprint density at radius 3 is 2.95 bits per heavy atom. The fourth-order valence-electron chi connectivity index (χ4n) is 2.42. The molecule has 5 nitrogen and oxygen atoms in total. The van der Waals surface area contributed by atoms with Crippen LogP contribution in [0.4, 0.5) is 0 Å². The van der Waals surface area contributed by atoms with Crippen molar-refractivity contribution in [2.45, 2.75) is 13.0 Å². The minimum atomic E-state index is -0.421. The fourth-order valence-corrected chi connectivity index (χ4v) is 2.42. The van der Waals surface area contributed by atoms with Crippen LogP contribution in [0.1, 0.15) is 22.3 Å². The van der Waals surface area contributed by atoms with Gasteiger partial charge in [0.15, 0.2) is 0 Å². The molecule has 1 aliphatic rings.